The van der Waals surface area contributed by atoms with E-state index >= 15 is 0 Å². The highest BCUT2D eigenvalue weighted by molar-refractivity contribution is 7.90. The molecule has 1 fully saturated rings. The first-order chi connectivity index (χ1) is 12.4. The van der Waals surface area contributed by atoms with E-state index in [9.17, 15) is 13.2 Å². The van der Waals surface area contributed by atoms with Crippen LogP contribution >= 0.6 is 0 Å². The predicted octanol–water partition coefficient (Wildman–Crippen LogP) is 2.75. The topological polar surface area (TPSA) is 63.7 Å². The van der Waals surface area contributed by atoms with Gasteiger partial charge in [0.2, 0.25) is 0 Å². The average molecular weight is 371 g/mol. The maximum absolute atomic E-state index is 12.7. The second-order valence-electron chi connectivity index (χ2n) is 7.03. The first kappa shape index (κ1) is 17.2. The molecule has 136 valence electrons. The van der Waals surface area contributed by atoms with Gasteiger partial charge in [-0.3, -0.25) is 4.79 Å². The molecule has 0 bridgehead atoms. The summed E-state index contributed by atoms with van der Waals surface area (Å²) in [6.07, 6.45) is 2.71. The molecule has 26 heavy (non-hydrogen) atoms. The third kappa shape index (κ3) is 2.93. The highest BCUT2D eigenvalue weighted by atomic mass is 32.2. The molecule has 0 unspecified atom stereocenters. The summed E-state index contributed by atoms with van der Waals surface area (Å²) >= 11 is 0. The number of carbonyl (C=O) groups excluding carboxylic acids is 1. The maximum atomic E-state index is 12.7. The Hall–Kier alpha value is -2.18. The molecule has 6 heteroatoms. The third-order valence-electron chi connectivity index (χ3n) is 5.40. The number of amides is 1. The Kier molecular flexibility index (Phi) is 4.12. The number of sulfone groups is 1. The standard InChI is InChI=1S/C20H21NO4S/c1-26(23,24)17-8-6-15(7-9-17)19(22)21-12-10-20(11-13-21)18-5-3-2-4-16(18)14-25-20/h2-9H,10-14H2,1H3. The van der Waals surface area contributed by atoms with Gasteiger partial charge < -0.3 is 9.64 Å². The van der Waals surface area contributed by atoms with Gasteiger partial charge in [0.15, 0.2) is 9.84 Å². The molecule has 5 nitrogen and oxygen atoms in total. The van der Waals surface area contributed by atoms with Gasteiger partial charge in [0.05, 0.1) is 17.1 Å². The summed E-state index contributed by atoms with van der Waals surface area (Å²) in [7, 11) is -3.26. The van der Waals surface area contributed by atoms with Crippen LogP contribution in [0.4, 0.5) is 0 Å². The minimum Gasteiger partial charge on any atom is -0.365 e. The number of ether oxygens (including phenoxy) is 1. The zero-order valence-electron chi connectivity index (χ0n) is 14.6. The van der Waals surface area contributed by atoms with Crippen LogP contribution in [-0.4, -0.2) is 38.6 Å². The molecule has 0 aromatic heterocycles. The lowest BCUT2D eigenvalue weighted by atomic mass is 9.83. The Morgan fingerprint density at radius 3 is 2.35 bits per heavy atom. The van der Waals surface area contributed by atoms with Crippen LogP contribution in [0.5, 0.6) is 0 Å². The van der Waals surface area contributed by atoms with Crippen LogP contribution in [0, 0.1) is 0 Å². The molecule has 4 rings (SSSR count). The smallest absolute Gasteiger partial charge is 0.253 e. The van der Waals surface area contributed by atoms with Crippen molar-refractivity contribution in [2.24, 2.45) is 0 Å². The summed E-state index contributed by atoms with van der Waals surface area (Å²) in [5.74, 6) is -0.0637. The Labute approximate surface area is 153 Å². The number of benzene rings is 2. The van der Waals surface area contributed by atoms with Crippen molar-refractivity contribution in [2.75, 3.05) is 19.3 Å². The fraction of sp³-hybridized carbons (Fsp3) is 0.350. The number of piperidine rings is 1. The zero-order chi connectivity index (χ0) is 18.4. The van der Waals surface area contributed by atoms with E-state index in [1.54, 1.807) is 12.1 Å². The molecule has 2 aromatic rings. The Morgan fingerprint density at radius 2 is 1.69 bits per heavy atom. The number of hydrogen-bond acceptors (Lipinski definition) is 4. The van der Waals surface area contributed by atoms with Crippen molar-refractivity contribution < 1.29 is 17.9 Å². The number of hydrogen-bond donors (Lipinski definition) is 0. The largest absolute Gasteiger partial charge is 0.365 e. The molecule has 1 amide bonds. The first-order valence-electron chi connectivity index (χ1n) is 8.71. The number of carbonyl (C=O) groups is 1. The van der Waals surface area contributed by atoms with Gasteiger partial charge in [-0.2, -0.15) is 0 Å². The predicted molar refractivity (Wildman–Crippen MR) is 97.6 cm³/mol. The van der Waals surface area contributed by atoms with Gasteiger partial charge in [0.25, 0.3) is 5.91 Å². The first-order valence-corrected chi connectivity index (χ1v) is 10.6. The lowest BCUT2D eigenvalue weighted by Gasteiger charge is -2.39. The van der Waals surface area contributed by atoms with E-state index in [1.165, 1.54) is 23.3 Å². The van der Waals surface area contributed by atoms with Gasteiger partial charge in [-0.15, -0.1) is 0 Å². The summed E-state index contributed by atoms with van der Waals surface area (Å²) in [4.78, 5) is 14.8. The Balaban J connectivity index is 1.48. The molecule has 1 saturated heterocycles. The van der Waals surface area contributed by atoms with Gasteiger partial charge in [-0.25, -0.2) is 8.42 Å². The van der Waals surface area contributed by atoms with E-state index < -0.39 is 9.84 Å². The van der Waals surface area contributed by atoms with Crippen molar-refractivity contribution in [1.29, 1.82) is 0 Å². The van der Waals surface area contributed by atoms with Crippen LogP contribution in [0.2, 0.25) is 0 Å². The van der Waals surface area contributed by atoms with Crippen molar-refractivity contribution in [3.63, 3.8) is 0 Å². The summed E-state index contributed by atoms with van der Waals surface area (Å²) in [6.45, 7) is 1.89. The molecular formula is C20H21NO4S. The molecule has 2 aromatic carbocycles. The third-order valence-corrected chi connectivity index (χ3v) is 6.53. The highest BCUT2D eigenvalue weighted by Gasteiger charge is 2.43. The maximum Gasteiger partial charge on any atom is 0.253 e. The molecule has 0 radical (unpaired) electrons. The monoisotopic (exact) mass is 371 g/mol. The van der Waals surface area contributed by atoms with Crippen LogP contribution in [0.25, 0.3) is 0 Å². The van der Waals surface area contributed by atoms with Gasteiger partial charge in [0, 0.05) is 24.9 Å². The lowest BCUT2D eigenvalue weighted by molar-refractivity contribution is -0.0741. The van der Waals surface area contributed by atoms with Crippen molar-refractivity contribution in [3.8, 4) is 0 Å². The average Bonchev–Trinajstić information content (AvgIpc) is 3.00. The lowest BCUT2D eigenvalue weighted by Crippen LogP contribution is -2.45. The molecule has 0 aliphatic carbocycles. The minimum absolute atomic E-state index is 0.0637. The zero-order valence-corrected chi connectivity index (χ0v) is 15.5. The molecule has 1 spiro atoms. The van der Waals surface area contributed by atoms with Crippen LogP contribution in [0.1, 0.15) is 34.3 Å². The fourth-order valence-electron chi connectivity index (χ4n) is 3.90. The van der Waals surface area contributed by atoms with E-state index in [2.05, 4.69) is 12.1 Å². The summed E-state index contributed by atoms with van der Waals surface area (Å²) in [5.41, 5.74) is 2.74. The Morgan fingerprint density at radius 1 is 1.04 bits per heavy atom. The van der Waals surface area contributed by atoms with E-state index in [0.29, 0.717) is 25.3 Å². The van der Waals surface area contributed by atoms with Crippen LogP contribution < -0.4 is 0 Å². The van der Waals surface area contributed by atoms with E-state index in [4.69, 9.17) is 4.74 Å². The van der Waals surface area contributed by atoms with E-state index in [-0.39, 0.29) is 16.4 Å². The van der Waals surface area contributed by atoms with Crippen LogP contribution in [0.3, 0.4) is 0 Å². The Bertz CT molecular complexity index is 942. The molecule has 0 atom stereocenters. The second kappa shape index (κ2) is 6.21. The number of nitrogens with zero attached hydrogens (tertiary/aromatic N) is 1. The van der Waals surface area contributed by atoms with Gasteiger partial charge in [0.1, 0.15) is 0 Å². The molecule has 2 aliphatic heterocycles. The molecule has 0 N–H and O–H groups in total. The highest BCUT2D eigenvalue weighted by Crippen LogP contribution is 2.44. The second-order valence-corrected chi connectivity index (χ2v) is 9.04. The van der Waals surface area contributed by atoms with Crippen LogP contribution in [0.15, 0.2) is 53.4 Å². The van der Waals surface area contributed by atoms with E-state index in [0.717, 1.165) is 19.1 Å². The summed E-state index contributed by atoms with van der Waals surface area (Å²) < 4.78 is 29.2. The summed E-state index contributed by atoms with van der Waals surface area (Å²) in [6, 6.07) is 14.5. The fourth-order valence-corrected chi connectivity index (χ4v) is 4.53. The molecule has 2 aliphatic rings. The van der Waals surface area contributed by atoms with Gasteiger partial charge in [-0.05, 0) is 48.2 Å². The molecular weight excluding hydrogens is 350 g/mol. The minimum atomic E-state index is -3.26. The van der Waals surface area contributed by atoms with Gasteiger partial charge in [-0.1, -0.05) is 24.3 Å². The van der Waals surface area contributed by atoms with Crippen LogP contribution in [-0.2, 0) is 26.8 Å². The van der Waals surface area contributed by atoms with Crippen molar-refractivity contribution >= 4 is 15.7 Å². The quantitative estimate of drug-likeness (QED) is 0.814. The number of fused-ring (bicyclic) bond motifs is 2. The number of likely N-dealkylation sites (tertiary alicyclic amines) is 1. The number of rotatable bonds is 2. The van der Waals surface area contributed by atoms with Gasteiger partial charge >= 0.3 is 0 Å². The summed E-state index contributed by atoms with van der Waals surface area (Å²) in [5, 5.41) is 0. The van der Waals surface area contributed by atoms with Crippen molar-refractivity contribution in [3.05, 3.63) is 65.2 Å². The normalized spacial score (nSPS) is 18.7. The molecule has 0 saturated carbocycles. The molecule has 2 heterocycles. The van der Waals surface area contributed by atoms with Crippen molar-refractivity contribution in [2.45, 2.75) is 29.9 Å². The van der Waals surface area contributed by atoms with Crippen molar-refractivity contribution in [1.82, 2.24) is 4.90 Å². The SMILES string of the molecule is CS(=O)(=O)c1ccc(C(=O)N2CCC3(CC2)OCc2ccccc23)cc1. The van der Waals surface area contributed by atoms with E-state index in [1.807, 2.05) is 17.0 Å².